The quantitative estimate of drug-likeness (QED) is 0.0222. The van der Waals surface area contributed by atoms with Crippen molar-refractivity contribution in [3.63, 3.8) is 0 Å². The molecule has 0 spiro atoms. The lowest BCUT2D eigenvalue weighted by molar-refractivity contribution is -0.161. The number of hydrogen-bond donors (Lipinski definition) is 3. The molecule has 0 aliphatic heterocycles. The minimum Gasteiger partial charge on any atom is -0.462 e. The molecule has 0 saturated carbocycles. The monoisotopic (exact) mass is 1340 g/mol. The first-order valence-corrected chi connectivity index (χ1v) is 40.6. The van der Waals surface area contributed by atoms with Crippen molar-refractivity contribution in [2.24, 2.45) is 5.92 Å². The van der Waals surface area contributed by atoms with E-state index >= 15 is 0 Å². The number of aliphatic hydroxyl groups excluding tert-OH is 1. The molecule has 0 aromatic rings. The molecular weight excluding hydrogens is 1200 g/mol. The normalized spacial score (nSPS) is 14.0. The summed E-state index contributed by atoms with van der Waals surface area (Å²) in [6, 6.07) is 0. The lowest BCUT2D eigenvalue weighted by Gasteiger charge is -2.21. The van der Waals surface area contributed by atoms with Gasteiger partial charge in [-0.25, -0.2) is 9.13 Å². The maximum Gasteiger partial charge on any atom is 0.472 e. The van der Waals surface area contributed by atoms with Crippen LogP contribution in [0.15, 0.2) is 0 Å². The van der Waals surface area contributed by atoms with Crippen LogP contribution in [0.2, 0.25) is 0 Å². The average molecular weight is 1340 g/mol. The summed E-state index contributed by atoms with van der Waals surface area (Å²) in [5.41, 5.74) is 0. The number of phosphoric acid groups is 2. The van der Waals surface area contributed by atoms with Crippen molar-refractivity contribution < 1.29 is 80.2 Å². The molecule has 0 aliphatic rings. The van der Waals surface area contributed by atoms with Crippen LogP contribution in [0.4, 0.5) is 0 Å². The molecule has 0 aromatic heterocycles. The average Bonchev–Trinajstić information content (AvgIpc) is 3.20. The molecule has 0 fully saturated rings. The largest absolute Gasteiger partial charge is 0.472 e. The highest BCUT2D eigenvalue weighted by molar-refractivity contribution is 7.47. The van der Waals surface area contributed by atoms with E-state index in [4.69, 9.17) is 37.0 Å². The molecule has 0 aromatic carbocycles. The number of esters is 4. The number of carbonyl (C=O) groups is 4. The molecule has 0 amide bonds. The van der Waals surface area contributed by atoms with Gasteiger partial charge in [0.15, 0.2) is 12.2 Å². The van der Waals surface area contributed by atoms with Gasteiger partial charge >= 0.3 is 39.5 Å². The Morgan fingerprint density at radius 1 is 0.297 bits per heavy atom. The molecule has 3 N–H and O–H groups in total. The van der Waals surface area contributed by atoms with Gasteiger partial charge in [-0.1, -0.05) is 324 Å². The molecule has 19 heteroatoms. The van der Waals surface area contributed by atoms with Crippen molar-refractivity contribution in [2.45, 2.75) is 393 Å². The molecule has 5 atom stereocenters. The zero-order valence-electron chi connectivity index (χ0n) is 59.0. The third kappa shape index (κ3) is 66.5. The highest BCUT2D eigenvalue weighted by Crippen LogP contribution is 2.45. The number of hydrogen-bond acceptors (Lipinski definition) is 15. The van der Waals surface area contributed by atoms with Crippen LogP contribution >= 0.6 is 15.6 Å². The molecule has 540 valence electrons. The van der Waals surface area contributed by atoms with Crippen LogP contribution in [0, 0.1) is 5.92 Å². The summed E-state index contributed by atoms with van der Waals surface area (Å²) in [5.74, 6) is -1.30. The minimum absolute atomic E-state index is 0.106. The maximum atomic E-state index is 13.0. The molecule has 91 heavy (non-hydrogen) atoms. The Hall–Kier alpha value is -1.94. The summed E-state index contributed by atoms with van der Waals surface area (Å²) in [6.45, 7) is 7.26. The van der Waals surface area contributed by atoms with Gasteiger partial charge in [0, 0.05) is 25.7 Å². The Labute approximate surface area is 556 Å². The van der Waals surface area contributed by atoms with Crippen LogP contribution in [0.5, 0.6) is 0 Å². The third-order valence-electron chi connectivity index (χ3n) is 16.8. The number of aliphatic hydroxyl groups is 1. The predicted octanol–water partition coefficient (Wildman–Crippen LogP) is 20.9. The van der Waals surface area contributed by atoms with Gasteiger partial charge in [0.05, 0.1) is 26.4 Å². The highest BCUT2D eigenvalue weighted by atomic mass is 31.2. The number of phosphoric ester groups is 2. The molecule has 2 unspecified atom stereocenters. The molecular formula is C72H140O17P2. The zero-order chi connectivity index (χ0) is 67.0. The van der Waals surface area contributed by atoms with Gasteiger partial charge in [-0.15, -0.1) is 0 Å². The van der Waals surface area contributed by atoms with Crippen LogP contribution < -0.4 is 0 Å². The fourth-order valence-corrected chi connectivity index (χ4v) is 12.6. The summed E-state index contributed by atoms with van der Waals surface area (Å²) in [5, 5.41) is 10.6. The second-order valence-electron chi connectivity index (χ2n) is 26.5. The van der Waals surface area contributed by atoms with E-state index in [0.717, 1.165) is 95.8 Å². The number of rotatable bonds is 72. The molecule has 0 radical (unpaired) electrons. The van der Waals surface area contributed by atoms with Crippen molar-refractivity contribution in [3.8, 4) is 0 Å². The van der Waals surface area contributed by atoms with Crippen molar-refractivity contribution in [1.82, 2.24) is 0 Å². The summed E-state index contributed by atoms with van der Waals surface area (Å²) < 4.78 is 68.2. The summed E-state index contributed by atoms with van der Waals surface area (Å²) in [4.78, 5) is 72.5. The van der Waals surface area contributed by atoms with E-state index in [1.165, 1.54) is 199 Å². The van der Waals surface area contributed by atoms with Crippen LogP contribution in [0.25, 0.3) is 0 Å². The van der Waals surface area contributed by atoms with Gasteiger partial charge in [-0.05, 0) is 31.6 Å². The number of unbranched alkanes of at least 4 members (excludes halogenated alkanes) is 44. The second-order valence-corrected chi connectivity index (χ2v) is 29.4. The standard InChI is InChI=1S/C72H140O17P2/c1-6-9-12-15-18-21-22-32-37-41-46-51-56-70(75)83-62-68(89-72(77)58-53-48-43-38-33-30-28-26-24-23-25-27-29-31-36-39-44-49-54-65(4)5)64-87-91(80,81)85-60-66(73)59-84-90(78,79)86-63-67(88-71(76)57-52-47-42-35-20-17-14-11-8-3)61-82-69(74)55-50-45-40-34-19-16-13-10-7-2/h65-68,73H,6-64H2,1-5H3,(H,78,79)(H,80,81)/t66-,67+,68+/m0/s1. The molecule has 17 nitrogen and oxygen atoms in total. The first-order chi connectivity index (χ1) is 44.0. The van der Waals surface area contributed by atoms with Crippen molar-refractivity contribution in [2.75, 3.05) is 39.6 Å². The zero-order valence-corrected chi connectivity index (χ0v) is 60.8. The summed E-state index contributed by atoms with van der Waals surface area (Å²) in [7, 11) is -9.89. The molecule has 0 rings (SSSR count). The minimum atomic E-state index is -4.95. The molecule has 0 heterocycles. The fraction of sp³-hybridized carbons (Fsp3) is 0.944. The van der Waals surface area contributed by atoms with Gasteiger partial charge in [0.1, 0.15) is 19.3 Å². The number of ether oxygens (including phenoxy) is 4. The fourth-order valence-electron chi connectivity index (χ4n) is 11.0. The van der Waals surface area contributed by atoms with E-state index in [0.29, 0.717) is 25.7 Å². The third-order valence-corrected chi connectivity index (χ3v) is 18.7. The highest BCUT2D eigenvalue weighted by Gasteiger charge is 2.30. The first-order valence-electron chi connectivity index (χ1n) is 37.6. The Bertz CT molecular complexity index is 1750. The summed E-state index contributed by atoms with van der Waals surface area (Å²) >= 11 is 0. The Morgan fingerprint density at radius 2 is 0.505 bits per heavy atom. The van der Waals surface area contributed by atoms with Crippen molar-refractivity contribution in [1.29, 1.82) is 0 Å². The van der Waals surface area contributed by atoms with Crippen molar-refractivity contribution >= 4 is 39.5 Å². The van der Waals surface area contributed by atoms with Gasteiger partial charge in [0.25, 0.3) is 0 Å². The lowest BCUT2D eigenvalue weighted by atomic mass is 10.0. The SMILES string of the molecule is CCCCCCCCCCCCCCC(=O)OC[C@H](COP(=O)(O)OC[C@@H](O)COP(=O)(O)OC[C@@H](COC(=O)CCCCCCCCCCC)OC(=O)CCCCCCCCCCC)OC(=O)CCCCCCCCCCCCCCCCCCCCC(C)C. The van der Waals surface area contributed by atoms with E-state index in [2.05, 4.69) is 34.6 Å². The van der Waals surface area contributed by atoms with E-state index in [-0.39, 0.29) is 25.7 Å². The second kappa shape index (κ2) is 65.4. The van der Waals surface area contributed by atoms with E-state index < -0.39 is 97.5 Å². The van der Waals surface area contributed by atoms with Gasteiger partial charge in [-0.2, -0.15) is 0 Å². The predicted molar refractivity (Wildman–Crippen MR) is 368 cm³/mol. The van der Waals surface area contributed by atoms with Crippen LogP contribution in [0.3, 0.4) is 0 Å². The smallest absolute Gasteiger partial charge is 0.462 e. The van der Waals surface area contributed by atoms with E-state index in [9.17, 15) is 43.2 Å². The maximum absolute atomic E-state index is 13.0. The lowest BCUT2D eigenvalue weighted by Crippen LogP contribution is -2.30. The molecule has 0 saturated heterocycles. The Morgan fingerprint density at radius 3 is 0.747 bits per heavy atom. The summed E-state index contributed by atoms with van der Waals surface area (Å²) in [6.07, 6.45) is 52.8. The van der Waals surface area contributed by atoms with Gasteiger partial charge < -0.3 is 33.8 Å². The van der Waals surface area contributed by atoms with Gasteiger partial charge in [-0.3, -0.25) is 37.3 Å². The Balaban J connectivity index is 5.15. The van der Waals surface area contributed by atoms with Gasteiger partial charge in [0.2, 0.25) is 0 Å². The molecule has 0 bridgehead atoms. The van der Waals surface area contributed by atoms with Crippen molar-refractivity contribution in [3.05, 3.63) is 0 Å². The molecule has 0 aliphatic carbocycles. The van der Waals surface area contributed by atoms with Crippen LogP contribution in [-0.4, -0.2) is 96.7 Å². The number of carbonyl (C=O) groups excluding carboxylic acids is 4. The van der Waals surface area contributed by atoms with Crippen LogP contribution in [0.1, 0.15) is 375 Å². The van der Waals surface area contributed by atoms with E-state index in [1.54, 1.807) is 0 Å². The Kier molecular flexibility index (Phi) is 64.0. The topological polar surface area (TPSA) is 237 Å². The van der Waals surface area contributed by atoms with Crippen LogP contribution in [-0.2, 0) is 65.4 Å². The van der Waals surface area contributed by atoms with E-state index in [1.807, 2.05) is 0 Å². The first kappa shape index (κ1) is 89.1.